The van der Waals surface area contributed by atoms with Gasteiger partial charge in [0, 0.05) is 16.3 Å². The summed E-state index contributed by atoms with van der Waals surface area (Å²) in [6, 6.07) is 16.0. The summed E-state index contributed by atoms with van der Waals surface area (Å²) in [6.07, 6.45) is 0.624. The smallest absolute Gasteiger partial charge is 0.241 e. The molecule has 2 heterocycles. The van der Waals surface area contributed by atoms with Crippen molar-refractivity contribution in [3.05, 3.63) is 60.2 Å². The van der Waals surface area contributed by atoms with E-state index >= 15 is 0 Å². The molecule has 1 atom stereocenters. The van der Waals surface area contributed by atoms with Gasteiger partial charge >= 0.3 is 0 Å². The van der Waals surface area contributed by atoms with E-state index < -0.39 is 16.1 Å². The number of hydrogen-bond acceptors (Lipinski definition) is 6. The van der Waals surface area contributed by atoms with Crippen molar-refractivity contribution in [2.45, 2.75) is 31.7 Å². The molecule has 0 unspecified atom stereocenters. The molecular formula is C25H22N2O4S2. The molecule has 33 heavy (non-hydrogen) atoms. The number of aldehydes is 1. The lowest BCUT2D eigenvalue weighted by atomic mass is 10.1. The highest BCUT2D eigenvalue weighted by Gasteiger charge is 2.23. The number of carbonyl (C=O) groups excluding carboxylic acids is 1. The lowest BCUT2D eigenvalue weighted by Gasteiger charge is -2.16. The molecule has 0 amide bonds. The molecule has 0 radical (unpaired) electrons. The molecule has 5 aromatic rings. The molecule has 6 nitrogen and oxygen atoms in total. The Morgan fingerprint density at radius 2 is 1.82 bits per heavy atom. The van der Waals surface area contributed by atoms with Crippen LogP contribution in [0.2, 0.25) is 0 Å². The van der Waals surface area contributed by atoms with Gasteiger partial charge in [-0.25, -0.2) is 18.1 Å². The average Bonchev–Trinajstić information content (AvgIpc) is 3.37. The second-order valence-electron chi connectivity index (χ2n) is 8.49. The quantitative estimate of drug-likeness (QED) is 0.318. The monoisotopic (exact) mass is 478 g/mol. The van der Waals surface area contributed by atoms with Crippen molar-refractivity contribution in [2.75, 3.05) is 0 Å². The fourth-order valence-corrected chi connectivity index (χ4v) is 6.18. The second-order valence-corrected chi connectivity index (χ2v) is 11.2. The number of aryl methyl sites for hydroxylation is 1. The molecule has 0 aliphatic heterocycles. The highest BCUT2D eigenvalue weighted by molar-refractivity contribution is 7.89. The van der Waals surface area contributed by atoms with Crippen molar-refractivity contribution in [3.63, 3.8) is 0 Å². The highest BCUT2D eigenvalue weighted by atomic mass is 32.2. The SMILES string of the molecule is Cc1ccc2nc(-c3ccc4c(c3)oc3ccc(S(=O)(=O)N[C@@H](C=O)C(C)C)cc34)sc2c1. The largest absolute Gasteiger partial charge is 0.456 e. The van der Waals surface area contributed by atoms with Crippen LogP contribution in [0.4, 0.5) is 0 Å². The van der Waals surface area contributed by atoms with Crippen LogP contribution in [-0.4, -0.2) is 25.7 Å². The van der Waals surface area contributed by atoms with Gasteiger partial charge in [-0.1, -0.05) is 26.0 Å². The van der Waals surface area contributed by atoms with Gasteiger partial charge in [0.1, 0.15) is 22.5 Å². The molecule has 2 aromatic heterocycles. The first-order valence-corrected chi connectivity index (χ1v) is 12.9. The molecule has 0 spiro atoms. The number of aromatic nitrogens is 1. The first-order chi connectivity index (χ1) is 15.7. The van der Waals surface area contributed by atoms with Crippen molar-refractivity contribution in [3.8, 4) is 10.6 Å². The van der Waals surface area contributed by atoms with Crippen LogP contribution in [0.5, 0.6) is 0 Å². The van der Waals surface area contributed by atoms with Crippen LogP contribution in [0.15, 0.2) is 63.9 Å². The minimum atomic E-state index is -3.86. The maximum Gasteiger partial charge on any atom is 0.241 e. The third-order valence-corrected chi connectivity index (χ3v) is 8.22. The number of furan rings is 1. The summed E-state index contributed by atoms with van der Waals surface area (Å²) < 4.78 is 35.3. The number of rotatable bonds is 6. The standard InChI is InChI=1S/C25H22N2O4S2/c1-14(2)21(13-28)27-33(29,30)17-6-9-22-19(12-17)18-7-5-16(11-23(18)31-22)25-26-20-8-4-15(3)10-24(20)32-25/h4-14,21,27H,1-3H3/t21-/m0/s1. The lowest BCUT2D eigenvalue weighted by Crippen LogP contribution is -2.39. The van der Waals surface area contributed by atoms with E-state index in [1.54, 1.807) is 37.3 Å². The Kier molecular flexibility index (Phi) is 5.31. The molecule has 0 bridgehead atoms. The van der Waals surface area contributed by atoms with E-state index in [0.29, 0.717) is 22.8 Å². The first-order valence-electron chi connectivity index (χ1n) is 10.6. The van der Waals surface area contributed by atoms with Gasteiger partial charge < -0.3 is 9.21 Å². The second kappa shape index (κ2) is 8.06. The zero-order chi connectivity index (χ0) is 23.3. The summed E-state index contributed by atoms with van der Waals surface area (Å²) in [5, 5.41) is 2.42. The Balaban J connectivity index is 1.56. The Labute approximate surface area is 195 Å². The van der Waals surface area contributed by atoms with Crippen LogP contribution >= 0.6 is 11.3 Å². The molecule has 1 N–H and O–H groups in total. The number of thiazole rings is 1. The van der Waals surface area contributed by atoms with Crippen molar-refractivity contribution in [1.29, 1.82) is 0 Å². The third-order valence-electron chi connectivity index (χ3n) is 5.70. The van der Waals surface area contributed by atoms with Gasteiger partial charge in [-0.3, -0.25) is 0 Å². The van der Waals surface area contributed by atoms with Crippen LogP contribution in [-0.2, 0) is 14.8 Å². The van der Waals surface area contributed by atoms with Crippen LogP contribution in [0, 0.1) is 12.8 Å². The van der Waals surface area contributed by atoms with Crippen LogP contribution in [0.3, 0.4) is 0 Å². The minimum Gasteiger partial charge on any atom is -0.456 e. The summed E-state index contributed by atoms with van der Waals surface area (Å²) in [5.41, 5.74) is 4.35. The predicted octanol–water partition coefficient (Wildman–Crippen LogP) is 5.67. The summed E-state index contributed by atoms with van der Waals surface area (Å²) in [4.78, 5) is 16.1. The Bertz CT molecular complexity index is 1630. The summed E-state index contributed by atoms with van der Waals surface area (Å²) in [5.74, 6) is -0.152. The molecule has 168 valence electrons. The van der Waals surface area contributed by atoms with E-state index in [-0.39, 0.29) is 10.8 Å². The van der Waals surface area contributed by atoms with Crippen molar-refractivity contribution >= 4 is 59.8 Å². The molecule has 0 fully saturated rings. The first kappa shape index (κ1) is 21.8. The van der Waals surface area contributed by atoms with E-state index in [0.717, 1.165) is 26.2 Å². The molecule has 0 saturated carbocycles. The van der Waals surface area contributed by atoms with Gasteiger partial charge in [-0.15, -0.1) is 11.3 Å². The Morgan fingerprint density at radius 1 is 1.00 bits per heavy atom. The van der Waals surface area contributed by atoms with Gasteiger partial charge in [-0.2, -0.15) is 0 Å². The maximum atomic E-state index is 12.8. The van der Waals surface area contributed by atoms with E-state index in [1.807, 2.05) is 30.3 Å². The van der Waals surface area contributed by atoms with Gasteiger partial charge in [0.25, 0.3) is 0 Å². The highest BCUT2D eigenvalue weighted by Crippen LogP contribution is 2.36. The van der Waals surface area contributed by atoms with Crippen molar-refractivity contribution < 1.29 is 17.6 Å². The summed E-state index contributed by atoms with van der Waals surface area (Å²) in [7, 11) is -3.86. The van der Waals surface area contributed by atoms with E-state index in [1.165, 1.54) is 11.6 Å². The average molecular weight is 479 g/mol. The summed E-state index contributed by atoms with van der Waals surface area (Å²) >= 11 is 1.63. The van der Waals surface area contributed by atoms with Gasteiger partial charge in [0.05, 0.1) is 21.2 Å². The Hall–Kier alpha value is -3.07. The normalized spacial score (nSPS) is 13.3. The molecule has 0 aliphatic carbocycles. The third kappa shape index (κ3) is 3.94. The van der Waals surface area contributed by atoms with Gasteiger partial charge in [0.15, 0.2) is 0 Å². The molecular weight excluding hydrogens is 456 g/mol. The zero-order valence-corrected chi connectivity index (χ0v) is 20.0. The molecule has 5 rings (SSSR count). The van der Waals surface area contributed by atoms with Crippen molar-refractivity contribution in [2.24, 2.45) is 5.92 Å². The topological polar surface area (TPSA) is 89.3 Å². The molecule has 3 aromatic carbocycles. The minimum absolute atomic E-state index is 0.0934. The molecule has 0 aliphatic rings. The number of nitrogens with zero attached hydrogens (tertiary/aromatic N) is 1. The van der Waals surface area contributed by atoms with Gasteiger partial charge in [0.2, 0.25) is 10.0 Å². The number of benzene rings is 3. The predicted molar refractivity (Wildman–Crippen MR) is 132 cm³/mol. The van der Waals surface area contributed by atoms with E-state index in [9.17, 15) is 13.2 Å². The number of hydrogen-bond donors (Lipinski definition) is 1. The van der Waals surface area contributed by atoms with Crippen LogP contribution in [0.1, 0.15) is 19.4 Å². The number of sulfonamides is 1. The summed E-state index contributed by atoms with van der Waals surface area (Å²) in [6.45, 7) is 5.64. The number of nitrogens with one attached hydrogen (secondary N) is 1. The Morgan fingerprint density at radius 3 is 2.58 bits per heavy atom. The van der Waals surface area contributed by atoms with Crippen LogP contribution < -0.4 is 4.72 Å². The molecule has 0 saturated heterocycles. The van der Waals surface area contributed by atoms with Crippen LogP contribution in [0.25, 0.3) is 42.7 Å². The van der Waals surface area contributed by atoms with E-state index in [4.69, 9.17) is 9.40 Å². The number of carbonyl (C=O) groups is 1. The van der Waals surface area contributed by atoms with Gasteiger partial charge in [-0.05, 0) is 60.9 Å². The lowest BCUT2D eigenvalue weighted by molar-refractivity contribution is -0.110. The fraction of sp³-hybridized carbons (Fsp3) is 0.200. The van der Waals surface area contributed by atoms with E-state index in [2.05, 4.69) is 17.7 Å². The number of fused-ring (bicyclic) bond motifs is 4. The van der Waals surface area contributed by atoms with Crippen molar-refractivity contribution in [1.82, 2.24) is 9.71 Å². The fourth-order valence-electron chi connectivity index (χ4n) is 3.78. The molecule has 8 heteroatoms. The maximum absolute atomic E-state index is 12.8. The zero-order valence-electron chi connectivity index (χ0n) is 18.3.